The number of ether oxygens (including phenoxy) is 1. The number of hydrogen-bond acceptors (Lipinski definition) is 3. The predicted molar refractivity (Wildman–Crippen MR) is 68.2 cm³/mol. The largest absolute Gasteiger partial charge is 0.495 e. The van der Waals surface area contributed by atoms with Gasteiger partial charge in [-0.15, -0.1) is 0 Å². The fraction of sp³-hybridized carbons (Fsp3) is 0.500. The van der Waals surface area contributed by atoms with Crippen molar-refractivity contribution in [2.45, 2.75) is 26.7 Å². The summed E-state index contributed by atoms with van der Waals surface area (Å²) in [4.78, 5) is 0. The molecule has 3 nitrogen and oxygen atoms in total. The third kappa shape index (κ3) is 2.36. The highest BCUT2D eigenvalue weighted by atomic mass is 16.5. The Balaban J connectivity index is 2.15. The highest BCUT2D eigenvalue weighted by Gasteiger charge is 2.42. The van der Waals surface area contributed by atoms with Gasteiger partial charge in [-0.2, -0.15) is 5.26 Å². The van der Waals surface area contributed by atoms with E-state index >= 15 is 0 Å². The molecule has 0 radical (unpaired) electrons. The van der Waals surface area contributed by atoms with E-state index in [9.17, 15) is 0 Å². The van der Waals surface area contributed by atoms with Crippen molar-refractivity contribution < 1.29 is 4.74 Å². The lowest BCUT2D eigenvalue weighted by atomic mass is 10.1. The Morgan fingerprint density at radius 2 is 2.00 bits per heavy atom. The van der Waals surface area contributed by atoms with Crippen molar-refractivity contribution >= 4 is 5.69 Å². The van der Waals surface area contributed by atoms with E-state index in [2.05, 4.69) is 31.3 Å². The summed E-state index contributed by atoms with van der Waals surface area (Å²) in [5.74, 6) is 0.849. The van der Waals surface area contributed by atoms with Gasteiger partial charge in [-0.25, -0.2) is 0 Å². The maximum Gasteiger partial charge on any atom is 0.142 e. The summed E-state index contributed by atoms with van der Waals surface area (Å²) >= 11 is 0. The SMILES string of the molecule is COc1cc(C)c(C)cc1NCC1(C#N)CC1. The number of hydrogen-bond donors (Lipinski definition) is 1. The first-order valence-electron chi connectivity index (χ1n) is 5.90. The maximum absolute atomic E-state index is 9.04. The van der Waals surface area contributed by atoms with Gasteiger partial charge < -0.3 is 10.1 Å². The minimum atomic E-state index is -0.135. The average Bonchev–Trinajstić information content (AvgIpc) is 3.11. The molecule has 0 aliphatic heterocycles. The van der Waals surface area contributed by atoms with Crippen LogP contribution < -0.4 is 10.1 Å². The van der Waals surface area contributed by atoms with E-state index in [0.717, 1.165) is 24.3 Å². The molecule has 90 valence electrons. The molecule has 0 unspecified atom stereocenters. The molecule has 0 atom stereocenters. The smallest absolute Gasteiger partial charge is 0.142 e. The van der Waals surface area contributed by atoms with E-state index in [-0.39, 0.29) is 5.41 Å². The van der Waals surface area contributed by atoms with Gasteiger partial charge in [-0.05, 0) is 49.9 Å². The topological polar surface area (TPSA) is 45.0 Å². The number of nitrogens with zero attached hydrogens (tertiary/aromatic N) is 1. The van der Waals surface area contributed by atoms with Crippen LogP contribution in [0.5, 0.6) is 5.75 Å². The molecular weight excluding hydrogens is 212 g/mol. The molecule has 0 heterocycles. The Bertz CT molecular complexity index is 470. The Morgan fingerprint density at radius 1 is 1.35 bits per heavy atom. The molecule has 0 bridgehead atoms. The van der Waals surface area contributed by atoms with Gasteiger partial charge in [0.25, 0.3) is 0 Å². The van der Waals surface area contributed by atoms with Gasteiger partial charge >= 0.3 is 0 Å². The van der Waals surface area contributed by atoms with Crippen molar-refractivity contribution in [3.8, 4) is 11.8 Å². The highest BCUT2D eigenvalue weighted by molar-refractivity contribution is 5.60. The summed E-state index contributed by atoms with van der Waals surface area (Å²) in [5.41, 5.74) is 3.30. The minimum absolute atomic E-state index is 0.135. The first kappa shape index (κ1) is 11.8. The molecule has 1 aliphatic rings. The third-order valence-electron chi connectivity index (χ3n) is 3.52. The van der Waals surface area contributed by atoms with Crippen LogP contribution in [0.3, 0.4) is 0 Å². The Morgan fingerprint density at radius 3 is 2.53 bits per heavy atom. The summed E-state index contributed by atoms with van der Waals surface area (Å²) in [5, 5.41) is 12.4. The van der Waals surface area contributed by atoms with Gasteiger partial charge in [0.2, 0.25) is 0 Å². The monoisotopic (exact) mass is 230 g/mol. The number of rotatable bonds is 4. The molecule has 0 saturated heterocycles. The van der Waals surface area contributed by atoms with E-state index in [1.165, 1.54) is 11.1 Å². The summed E-state index contributed by atoms with van der Waals surface area (Å²) in [7, 11) is 1.67. The zero-order valence-electron chi connectivity index (χ0n) is 10.6. The van der Waals surface area contributed by atoms with Crippen LogP contribution in [-0.2, 0) is 0 Å². The molecule has 0 amide bonds. The number of benzene rings is 1. The Labute approximate surface area is 102 Å². The van der Waals surface area contributed by atoms with Crippen molar-refractivity contribution in [2.75, 3.05) is 19.0 Å². The van der Waals surface area contributed by atoms with Gasteiger partial charge in [0.05, 0.1) is 24.3 Å². The summed E-state index contributed by atoms with van der Waals surface area (Å²) < 4.78 is 5.36. The van der Waals surface area contributed by atoms with E-state index in [1.807, 2.05) is 6.07 Å². The van der Waals surface area contributed by atoms with Gasteiger partial charge in [0.1, 0.15) is 5.75 Å². The van der Waals surface area contributed by atoms with Crippen molar-refractivity contribution in [3.05, 3.63) is 23.3 Å². The molecule has 1 saturated carbocycles. The maximum atomic E-state index is 9.04. The van der Waals surface area contributed by atoms with Crippen LogP contribution in [0, 0.1) is 30.6 Å². The van der Waals surface area contributed by atoms with Crippen molar-refractivity contribution in [1.29, 1.82) is 5.26 Å². The normalized spacial score (nSPS) is 16.1. The van der Waals surface area contributed by atoms with Crippen molar-refractivity contribution in [2.24, 2.45) is 5.41 Å². The van der Waals surface area contributed by atoms with Crippen LogP contribution in [0.15, 0.2) is 12.1 Å². The molecule has 1 N–H and O–H groups in total. The molecule has 3 heteroatoms. The Hall–Kier alpha value is -1.69. The zero-order chi connectivity index (χ0) is 12.5. The molecule has 1 fully saturated rings. The van der Waals surface area contributed by atoms with Crippen molar-refractivity contribution in [3.63, 3.8) is 0 Å². The lowest BCUT2D eigenvalue weighted by Gasteiger charge is -2.15. The second-order valence-electron chi connectivity index (χ2n) is 4.88. The van der Waals surface area contributed by atoms with Crippen molar-refractivity contribution in [1.82, 2.24) is 0 Å². The number of nitriles is 1. The zero-order valence-corrected chi connectivity index (χ0v) is 10.6. The standard InChI is InChI=1S/C14H18N2O/c1-10-6-12(13(17-3)7-11(10)2)16-9-14(8-15)4-5-14/h6-7,16H,4-5,9H2,1-3H3. The second-order valence-corrected chi connectivity index (χ2v) is 4.88. The molecular formula is C14H18N2O. The average molecular weight is 230 g/mol. The van der Waals surface area contributed by atoms with Crippen LogP contribution >= 0.6 is 0 Å². The quantitative estimate of drug-likeness (QED) is 0.864. The molecule has 2 rings (SSSR count). The van der Waals surface area contributed by atoms with E-state index in [1.54, 1.807) is 7.11 Å². The van der Waals surface area contributed by atoms with Gasteiger partial charge in [-0.1, -0.05) is 0 Å². The van der Waals surface area contributed by atoms with E-state index < -0.39 is 0 Å². The highest BCUT2D eigenvalue weighted by Crippen LogP contribution is 2.45. The number of anilines is 1. The molecule has 17 heavy (non-hydrogen) atoms. The van der Waals surface area contributed by atoms with Crippen LogP contribution in [0.2, 0.25) is 0 Å². The lowest BCUT2D eigenvalue weighted by Crippen LogP contribution is -2.14. The van der Waals surface area contributed by atoms with Crippen LogP contribution in [0.25, 0.3) is 0 Å². The predicted octanol–water partition coefficient (Wildman–Crippen LogP) is 3.03. The van der Waals surface area contributed by atoms with Gasteiger partial charge in [0.15, 0.2) is 0 Å². The second kappa shape index (κ2) is 4.29. The molecule has 1 aliphatic carbocycles. The van der Waals surface area contributed by atoms with Gasteiger partial charge in [0, 0.05) is 6.54 Å². The number of aryl methyl sites for hydroxylation is 2. The summed E-state index contributed by atoms with van der Waals surface area (Å²) in [6.45, 7) is 4.86. The first-order chi connectivity index (χ1) is 8.10. The van der Waals surface area contributed by atoms with Gasteiger partial charge in [-0.3, -0.25) is 0 Å². The van der Waals surface area contributed by atoms with E-state index in [4.69, 9.17) is 10.00 Å². The third-order valence-corrected chi connectivity index (χ3v) is 3.52. The molecule has 0 spiro atoms. The fourth-order valence-corrected chi connectivity index (χ4v) is 1.84. The fourth-order valence-electron chi connectivity index (χ4n) is 1.84. The minimum Gasteiger partial charge on any atom is -0.495 e. The summed E-state index contributed by atoms with van der Waals surface area (Å²) in [6.07, 6.45) is 2.01. The number of methoxy groups -OCH3 is 1. The number of nitrogens with one attached hydrogen (secondary N) is 1. The Kier molecular flexibility index (Phi) is 2.97. The van der Waals surface area contributed by atoms with E-state index in [0.29, 0.717) is 6.54 Å². The lowest BCUT2D eigenvalue weighted by molar-refractivity contribution is 0.416. The molecule has 0 aromatic heterocycles. The summed E-state index contributed by atoms with van der Waals surface area (Å²) in [6, 6.07) is 6.50. The first-order valence-corrected chi connectivity index (χ1v) is 5.90. The molecule has 1 aromatic rings. The molecule has 1 aromatic carbocycles. The van der Waals surface area contributed by atoms with Crippen LogP contribution in [-0.4, -0.2) is 13.7 Å². The van der Waals surface area contributed by atoms with Crippen LogP contribution in [0.1, 0.15) is 24.0 Å². The van der Waals surface area contributed by atoms with Crippen LogP contribution in [0.4, 0.5) is 5.69 Å².